The number of para-hydroxylation sites is 4. The molecule has 0 N–H and O–H groups in total. The fourth-order valence-electron chi connectivity index (χ4n) is 9.73. The van der Waals surface area contributed by atoms with Crippen LogP contribution in [0.15, 0.2) is 213 Å². The average Bonchev–Trinajstić information content (AvgIpc) is 4.03. The van der Waals surface area contributed by atoms with Gasteiger partial charge in [-0.05, 0) is 127 Å². The Kier molecular flexibility index (Phi) is 7.13. The van der Waals surface area contributed by atoms with Crippen LogP contribution in [0.2, 0.25) is 0 Å². The van der Waals surface area contributed by atoms with Crippen LogP contribution in [0.5, 0.6) is 0 Å². The van der Waals surface area contributed by atoms with Crippen LogP contribution >= 0.6 is 11.8 Å². The molecule has 2 aromatic heterocycles. The molecule has 1 aliphatic heterocycles. The predicted molar refractivity (Wildman–Crippen MR) is 242 cm³/mol. The number of aromatic nitrogens is 2. The fraction of sp³-hybridized carbons (Fsp3) is 0.0182. The van der Waals surface area contributed by atoms with Crippen LogP contribution < -0.4 is 0 Å². The van der Waals surface area contributed by atoms with Gasteiger partial charge in [-0.3, -0.25) is 0 Å². The molecule has 0 amide bonds. The maximum absolute atomic E-state index is 6.28. The van der Waals surface area contributed by atoms with Crippen LogP contribution in [0.25, 0.3) is 89.3 Å². The van der Waals surface area contributed by atoms with Gasteiger partial charge in [0.2, 0.25) is 11.8 Å². The Morgan fingerprint density at radius 1 is 0.383 bits per heavy atom. The molecule has 2 aliphatic rings. The lowest BCUT2D eigenvalue weighted by Gasteiger charge is -2.39. The summed E-state index contributed by atoms with van der Waals surface area (Å²) in [6.07, 6.45) is 0. The van der Waals surface area contributed by atoms with Crippen molar-refractivity contribution in [3.8, 4) is 56.3 Å². The van der Waals surface area contributed by atoms with E-state index in [9.17, 15) is 0 Å². The van der Waals surface area contributed by atoms with Crippen LogP contribution in [-0.4, -0.2) is 9.97 Å². The minimum absolute atomic E-state index is 0.463. The Morgan fingerprint density at radius 3 is 1.57 bits per heavy atom. The molecule has 0 unspecified atom stereocenters. The number of hydrogen-bond acceptors (Lipinski definition) is 5. The molecule has 0 saturated carbocycles. The van der Waals surface area contributed by atoms with Crippen LogP contribution in [-0.2, 0) is 5.41 Å². The van der Waals surface area contributed by atoms with E-state index in [1.807, 2.05) is 60.3 Å². The van der Waals surface area contributed by atoms with Crippen LogP contribution in [0.1, 0.15) is 22.3 Å². The zero-order valence-electron chi connectivity index (χ0n) is 32.1. The van der Waals surface area contributed by atoms with E-state index in [0.717, 1.165) is 50.0 Å². The SMILES string of the molecule is c1ccc2c(c1)Sc1ccccc1C21c2cc(-c3ccc(-c4cc(-c5nc6ccccc6o5)cc(-c5nc6ccccc6o5)c4)cc3)ccc2-c2c1ccc1ccccc21. The summed E-state index contributed by atoms with van der Waals surface area (Å²) >= 11 is 1.88. The van der Waals surface area contributed by atoms with Crippen molar-refractivity contribution < 1.29 is 8.83 Å². The van der Waals surface area contributed by atoms with Gasteiger partial charge in [-0.25, -0.2) is 9.97 Å². The van der Waals surface area contributed by atoms with Crippen LogP contribution in [0.3, 0.4) is 0 Å². The number of nitrogens with zero attached hydrogens (tertiary/aromatic N) is 2. The molecule has 4 nitrogen and oxygen atoms in total. The molecule has 3 heterocycles. The summed E-state index contributed by atoms with van der Waals surface area (Å²) in [5.74, 6) is 1.11. The van der Waals surface area contributed by atoms with Crippen molar-refractivity contribution in [1.29, 1.82) is 0 Å². The molecule has 0 saturated heterocycles. The van der Waals surface area contributed by atoms with E-state index in [0.29, 0.717) is 11.8 Å². The second-order valence-electron chi connectivity index (χ2n) is 15.7. The van der Waals surface area contributed by atoms with Gasteiger partial charge in [0, 0.05) is 20.9 Å². The number of fused-ring (bicyclic) bond motifs is 13. The maximum atomic E-state index is 6.28. The Hall–Kier alpha value is -7.47. The molecular formula is C55H32N2O2S. The standard InChI is InChI=1S/C55H32N2O2S/c1-2-12-40-35(11-1)26-28-44-52(40)41-27-25-36(32-45(41)55(44)42-13-3-9-19-50(42)60-51-20-10-4-14-43(51)55)33-21-23-34(24-22-33)37-29-38(53-56-46-15-5-7-17-48(46)58-53)31-39(30-37)54-57-47-16-6-8-18-49(47)59-54/h1-32H. The van der Waals surface area contributed by atoms with Gasteiger partial charge in [-0.1, -0.05) is 145 Å². The molecular weight excluding hydrogens is 753 g/mol. The molecule has 0 radical (unpaired) electrons. The Balaban J connectivity index is 0.970. The highest BCUT2D eigenvalue weighted by molar-refractivity contribution is 7.99. The van der Waals surface area contributed by atoms with Crippen molar-refractivity contribution in [3.63, 3.8) is 0 Å². The summed E-state index contributed by atoms with van der Waals surface area (Å²) in [5.41, 5.74) is 16.8. The lowest BCUT2D eigenvalue weighted by molar-refractivity contribution is 0.617. The number of benzene rings is 9. The minimum Gasteiger partial charge on any atom is -0.436 e. The van der Waals surface area contributed by atoms with E-state index < -0.39 is 5.41 Å². The lowest BCUT2D eigenvalue weighted by Crippen LogP contribution is -2.32. The van der Waals surface area contributed by atoms with Crippen molar-refractivity contribution in [1.82, 2.24) is 9.97 Å². The Bertz CT molecular complexity index is 3340. The summed E-state index contributed by atoms with van der Waals surface area (Å²) in [7, 11) is 0. The quantitative estimate of drug-likeness (QED) is 0.178. The van der Waals surface area contributed by atoms with E-state index in [1.165, 1.54) is 59.5 Å². The predicted octanol–water partition coefficient (Wildman–Crippen LogP) is 14.6. The number of rotatable bonds is 4. The van der Waals surface area contributed by atoms with E-state index >= 15 is 0 Å². The first-order valence-electron chi connectivity index (χ1n) is 20.2. The van der Waals surface area contributed by atoms with Crippen molar-refractivity contribution in [2.75, 3.05) is 0 Å². The molecule has 280 valence electrons. The maximum Gasteiger partial charge on any atom is 0.227 e. The molecule has 0 fully saturated rings. The van der Waals surface area contributed by atoms with E-state index in [-0.39, 0.29) is 0 Å². The number of oxazole rings is 2. The second kappa shape index (κ2) is 12.8. The average molecular weight is 785 g/mol. The topological polar surface area (TPSA) is 52.1 Å². The Labute approximate surface area is 349 Å². The molecule has 9 aromatic carbocycles. The molecule has 1 aliphatic carbocycles. The van der Waals surface area contributed by atoms with Gasteiger partial charge < -0.3 is 8.83 Å². The third-order valence-corrected chi connectivity index (χ3v) is 13.5. The van der Waals surface area contributed by atoms with Crippen LogP contribution in [0, 0.1) is 0 Å². The van der Waals surface area contributed by atoms with Gasteiger partial charge in [-0.2, -0.15) is 0 Å². The molecule has 60 heavy (non-hydrogen) atoms. The highest BCUT2D eigenvalue weighted by Crippen LogP contribution is 2.63. The molecule has 0 atom stereocenters. The summed E-state index contributed by atoms with van der Waals surface area (Å²) in [4.78, 5) is 12.3. The van der Waals surface area contributed by atoms with Gasteiger partial charge in [0.25, 0.3) is 0 Å². The van der Waals surface area contributed by atoms with Gasteiger partial charge in [0.15, 0.2) is 11.2 Å². The van der Waals surface area contributed by atoms with E-state index in [1.54, 1.807) is 0 Å². The first-order chi connectivity index (χ1) is 29.7. The minimum atomic E-state index is -0.463. The van der Waals surface area contributed by atoms with Crippen molar-refractivity contribution in [2.24, 2.45) is 0 Å². The summed E-state index contributed by atoms with van der Waals surface area (Å²) in [6, 6.07) is 69.6. The van der Waals surface area contributed by atoms with Crippen molar-refractivity contribution >= 4 is 44.7 Å². The highest BCUT2D eigenvalue weighted by Gasteiger charge is 2.50. The van der Waals surface area contributed by atoms with E-state index in [2.05, 4.69) is 146 Å². The normalized spacial score (nSPS) is 13.4. The molecule has 1 spiro atoms. The van der Waals surface area contributed by atoms with Gasteiger partial charge in [0.05, 0.1) is 5.41 Å². The second-order valence-corrected chi connectivity index (χ2v) is 16.7. The molecule has 11 aromatic rings. The number of hydrogen-bond donors (Lipinski definition) is 0. The summed E-state index contributed by atoms with van der Waals surface area (Å²) in [6.45, 7) is 0. The fourth-order valence-corrected chi connectivity index (χ4v) is 10.9. The lowest BCUT2D eigenvalue weighted by atomic mass is 9.67. The summed E-state index contributed by atoms with van der Waals surface area (Å²) in [5, 5.41) is 2.54. The third kappa shape index (κ3) is 4.87. The molecule has 13 rings (SSSR count). The first kappa shape index (κ1) is 33.5. The smallest absolute Gasteiger partial charge is 0.227 e. The van der Waals surface area contributed by atoms with Gasteiger partial charge >= 0.3 is 0 Å². The van der Waals surface area contributed by atoms with Crippen LogP contribution in [0.4, 0.5) is 0 Å². The zero-order valence-corrected chi connectivity index (χ0v) is 32.9. The first-order valence-corrected chi connectivity index (χ1v) is 21.0. The van der Waals surface area contributed by atoms with Crippen molar-refractivity contribution in [3.05, 3.63) is 216 Å². The third-order valence-electron chi connectivity index (χ3n) is 12.4. The van der Waals surface area contributed by atoms with Crippen molar-refractivity contribution in [2.45, 2.75) is 15.2 Å². The van der Waals surface area contributed by atoms with Gasteiger partial charge in [-0.15, -0.1) is 0 Å². The Morgan fingerprint density at radius 2 is 0.917 bits per heavy atom. The van der Waals surface area contributed by atoms with Gasteiger partial charge in [0.1, 0.15) is 11.0 Å². The molecule has 5 heteroatoms. The van der Waals surface area contributed by atoms with E-state index in [4.69, 9.17) is 18.8 Å². The zero-order chi connectivity index (χ0) is 39.4. The summed E-state index contributed by atoms with van der Waals surface area (Å²) < 4.78 is 12.6. The largest absolute Gasteiger partial charge is 0.436 e. The highest BCUT2D eigenvalue weighted by atomic mass is 32.2. The molecule has 0 bridgehead atoms. The monoisotopic (exact) mass is 784 g/mol.